The van der Waals surface area contributed by atoms with Crippen LogP contribution in [0.3, 0.4) is 0 Å². The van der Waals surface area contributed by atoms with Crippen molar-refractivity contribution in [3.8, 4) is 0 Å². The molecular formula is C10H8Se2. The minimum atomic E-state index is 0.536. The molecule has 0 radical (unpaired) electrons. The van der Waals surface area contributed by atoms with Crippen molar-refractivity contribution in [1.29, 1.82) is 0 Å². The van der Waals surface area contributed by atoms with Crippen molar-refractivity contribution in [2.24, 2.45) is 0 Å². The first-order valence-electron chi connectivity index (χ1n) is 3.71. The summed E-state index contributed by atoms with van der Waals surface area (Å²) in [6.07, 6.45) is 0. The zero-order chi connectivity index (χ0) is 8.39. The first-order valence-corrected chi connectivity index (χ1v) is 9.31. The van der Waals surface area contributed by atoms with E-state index in [1.807, 2.05) is 0 Å². The van der Waals surface area contributed by atoms with Gasteiger partial charge in [-0.1, -0.05) is 0 Å². The Labute approximate surface area is 84.9 Å². The average molecular weight is 286 g/mol. The predicted octanol–water partition coefficient (Wildman–Crippen LogP) is 0.985. The van der Waals surface area contributed by atoms with Crippen molar-refractivity contribution in [2.45, 2.75) is 0 Å². The fraction of sp³-hybridized carbons (Fsp3) is 0. The minimum absolute atomic E-state index is 0.536. The monoisotopic (exact) mass is 288 g/mol. The van der Waals surface area contributed by atoms with E-state index in [0.29, 0.717) is 13.1 Å². The zero-order valence-corrected chi connectivity index (χ0v) is 9.99. The molecule has 2 heteroatoms. The SMILES string of the molecule is [SeH][Se]c1cccc2ccccc12. The van der Waals surface area contributed by atoms with E-state index in [1.165, 1.54) is 15.2 Å². The second-order valence-electron chi connectivity index (χ2n) is 2.57. The van der Waals surface area contributed by atoms with Crippen molar-refractivity contribution in [2.75, 3.05) is 0 Å². The van der Waals surface area contributed by atoms with Gasteiger partial charge in [-0.15, -0.1) is 0 Å². The molecule has 2 rings (SSSR count). The van der Waals surface area contributed by atoms with Gasteiger partial charge in [-0.25, -0.2) is 0 Å². The van der Waals surface area contributed by atoms with E-state index >= 15 is 0 Å². The Balaban J connectivity index is 2.79. The van der Waals surface area contributed by atoms with E-state index in [-0.39, 0.29) is 0 Å². The molecule has 0 spiro atoms. The van der Waals surface area contributed by atoms with Crippen LogP contribution in [0.1, 0.15) is 0 Å². The van der Waals surface area contributed by atoms with E-state index in [0.717, 1.165) is 0 Å². The van der Waals surface area contributed by atoms with Crippen LogP contribution in [0.4, 0.5) is 0 Å². The van der Waals surface area contributed by atoms with Crippen LogP contribution in [0.25, 0.3) is 10.8 Å². The van der Waals surface area contributed by atoms with Gasteiger partial charge in [0.1, 0.15) is 0 Å². The van der Waals surface area contributed by atoms with Gasteiger partial charge in [0.2, 0.25) is 0 Å². The Hall–Kier alpha value is -0.261. The molecule has 0 heterocycles. The molecule has 0 nitrogen and oxygen atoms in total. The number of fused-ring (bicyclic) bond motifs is 1. The van der Waals surface area contributed by atoms with E-state index < -0.39 is 0 Å². The van der Waals surface area contributed by atoms with Crippen LogP contribution in [0.5, 0.6) is 0 Å². The van der Waals surface area contributed by atoms with Gasteiger partial charge in [-0.3, -0.25) is 0 Å². The number of benzene rings is 2. The first kappa shape index (κ1) is 8.34. The third kappa shape index (κ3) is 1.44. The van der Waals surface area contributed by atoms with Gasteiger partial charge in [0.15, 0.2) is 0 Å². The van der Waals surface area contributed by atoms with E-state index in [9.17, 15) is 0 Å². The van der Waals surface area contributed by atoms with Crippen molar-refractivity contribution >= 4 is 42.6 Å². The summed E-state index contributed by atoms with van der Waals surface area (Å²) in [5.74, 6) is 0. The van der Waals surface area contributed by atoms with Gasteiger partial charge in [-0.05, 0) is 0 Å². The molecule has 0 aromatic heterocycles. The quantitative estimate of drug-likeness (QED) is 0.686. The van der Waals surface area contributed by atoms with E-state index in [4.69, 9.17) is 0 Å². The van der Waals surface area contributed by atoms with Gasteiger partial charge >= 0.3 is 85.0 Å². The van der Waals surface area contributed by atoms with Crippen molar-refractivity contribution < 1.29 is 0 Å². The van der Waals surface area contributed by atoms with Gasteiger partial charge < -0.3 is 0 Å². The second-order valence-corrected chi connectivity index (χ2v) is 5.86. The van der Waals surface area contributed by atoms with Crippen LogP contribution in [0.15, 0.2) is 42.5 Å². The molecule has 0 aliphatic carbocycles. The van der Waals surface area contributed by atoms with E-state index in [2.05, 4.69) is 56.7 Å². The van der Waals surface area contributed by atoms with Crippen LogP contribution >= 0.6 is 0 Å². The van der Waals surface area contributed by atoms with E-state index in [1.54, 1.807) is 0 Å². The topological polar surface area (TPSA) is 0 Å². The Morgan fingerprint density at radius 1 is 0.917 bits per heavy atom. The summed E-state index contributed by atoms with van der Waals surface area (Å²) in [7, 11) is 0. The van der Waals surface area contributed by atoms with Crippen molar-refractivity contribution in [1.82, 2.24) is 0 Å². The molecule has 0 bridgehead atoms. The predicted molar refractivity (Wildman–Crippen MR) is 56.5 cm³/mol. The normalized spacial score (nSPS) is 10.4. The molecule has 0 atom stereocenters. The molecular weight excluding hydrogens is 278 g/mol. The second kappa shape index (κ2) is 3.64. The molecule has 0 unspecified atom stereocenters. The molecule has 2 aromatic carbocycles. The van der Waals surface area contributed by atoms with Gasteiger partial charge in [-0.2, -0.15) is 0 Å². The van der Waals surface area contributed by atoms with Crippen LogP contribution in [0.2, 0.25) is 0 Å². The zero-order valence-electron chi connectivity index (χ0n) is 6.40. The summed E-state index contributed by atoms with van der Waals surface area (Å²) in [6.45, 7) is 0. The molecule has 0 aliphatic heterocycles. The van der Waals surface area contributed by atoms with Crippen LogP contribution in [-0.2, 0) is 0 Å². The number of hydrogen-bond donors (Lipinski definition) is 0. The first-order chi connectivity index (χ1) is 5.92. The molecule has 0 amide bonds. The van der Waals surface area contributed by atoms with Gasteiger partial charge in [0.25, 0.3) is 0 Å². The molecule has 2 aromatic rings. The Kier molecular flexibility index (Phi) is 2.53. The molecule has 0 saturated carbocycles. The third-order valence-corrected chi connectivity index (χ3v) is 5.15. The van der Waals surface area contributed by atoms with Crippen LogP contribution < -0.4 is 4.46 Å². The maximum absolute atomic E-state index is 2.69. The van der Waals surface area contributed by atoms with Crippen molar-refractivity contribution in [3.05, 3.63) is 42.5 Å². The average Bonchev–Trinajstić information content (AvgIpc) is 2.17. The molecule has 0 saturated heterocycles. The van der Waals surface area contributed by atoms with Crippen LogP contribution in [-0.4, -0.2) is 27.3 Å². The fourth-order valence-electron chi connectivity index (χ4n) is 1.28. The summed E-state index contributed by atoms with van der Waals surface area (Å²) >= 11 is 3.22. The van der Waals surface area contributed by atoms with Crippen molar-refractivity contribution in [3.63, 3.8) is 0 Å². The van der Waals surface area contributed by atoms with Gasteiger partial charge in [0.05, 0.1) is 0 Å². The molecule has 0 fully saturated rings. The Bertz CT molecular complexity index is 390. The molecule has 12 heavy (non-hydrogen) atoms. The Morgan fingerprint density at radius 2 is 1.67 bits per heavy atom. The molecule has 60 valence electrons. The summed E-state index contributed by atoms with van der Waals surface area (Å²) in [6, 6.07) is 15.1. The number of hydrogen-bond acceptors (Lipinski definition) is 0. The molecule has 0 aliphatic rings. The summed E-state index contributed by atoms with van der Waals surface area (Å²) < 4.78 is 1.47. The fourth-order valence-corrected chi connectivity index (χ4v) is 3.90. The summed E-state index contributed by atoms with van der Waals surface area (Å²) in [5, 5.41) is 2.75. The summed E-state index contributed by atoms with van der Waals surface area (Å²) in [5.41, 5.74) is 0. The summed E-state index contributed by atoms with van der Waals surface area (Å²) in [4.78, 5) is 0. The number of rotatable bonds is 1. The van der Waals surface area contributed by atoms with Crippen LogP contribution in [0, 0.1) is 0 Å². The maximum atomic E-state index is 2.69. The van der Waals surface area contributed by atoms with Gasteiger partial charge in [0, 0.05) is 0 Å². The Morgan fingerprint density at radius 3 is 2.50 bits per heavy atom. The molecule has 0 N–H and O–H groups in total. The standard InChI is InChI=1S/C10H8Se2/c11-12-10-7-3-5-8-4-1-2-6-9(8)10/h1-7,11H. The third-order valence-electron chi connectivity index (χ3n) is 1.85.